The molecule has 7 nitrogen and oxygen atoms in total. The Hall–Kier alpha value is -2.54. The molecule has 0 N–H and O–H groups in total. The van der Waals surface area contributed by atoms with Gasteiger partial charge in [0, 0.05) is 64.8 Å². The second kappa shape index (κ2) is 7.83. The molecule has 1 amide bonds. The summed E-state index contributed by atoms with van der Waals surface area (Å²) >= 11 is 0. The number of rotatable bonds is 4. The minimum Gasteiger partial charge on any atom is -0.348 e. The van der Waals surface area contributed by atoms with Crippen LogP contribution in [0, 0.1) is 11.3 Å². The first kappa shape index (κ1) is 18.8. The van der Waals surface area contributed by atoms with E-state index in [-0.39, 0.29) is 17.2 Å². The fourth-order valence-corrected chi connectivity index (χ4v) is 4.78. The molecule has 28 heavy (non-hydrogen) atoms. The number of hydrogen-bond donors (Lipinski definition) is 0. The summed E-state index contributed by atoms with van der Waals surface area (Å²) in [5, 5.41) is 0. The summed E-state index contributed by atoms with van der Waals surface area (Å²) in [5.74, 6) is 1.20. The standard InChI is InChI=1S/C21H28N6O/c1-25(2)19(28)21-8-5-12-26(15-18-7-3-4-9-22-18)13-17(21)14-27(16-21)20-23-10-6-11-24-20/h3-4,6-7,9-11,17H,5,8,12-16H2,1-2H3/t17-,21-/m0/s1. The van der Waals surface area contributed by atoms with Crippen molar-refractivity contribution in [2.24, 2.45) is 11.3 Å². The monoisotopic (exact) mass is 380 g/mol. The zero-order valence-corrected chi connectivity index (χ0v) is 16.7. The van der Waals surface area contributed by atoms with Crippen molar-refractivity contribution in [1.29, 1.82) is 0 Å². The van der Waals surface area contributed by atoms with Gasteiger partial charge in [0.2, 0.25) is 11.9 Å². The number of likely N-dealkylation sites (tertiary alicyclic amines) is 1. The fraction of sp³-hybridized carbons (Fsp3) is 0.524. The van der Waals surface area contributed by atoms with Crippen LogP contribution in [0.4, 0.5) is 5.95 Å². The molecule has 7 heteroatoms. The first-order valence-corrected chi connectivity index (χ1v) is 9.94. The van der Waals surface area contributed by atoms with Crippen LogP contribution < -0.4 is 4.90 Å². The third-order valence-corrected chi connectivity index (χ3v) is 6.05. The van der Waals surface area contributed by atoms with E-state index in [1.807, 2.05) is 38.5 Å². The number of carbonyl (C=O) groups excluding carboxylic acids is 1. The van der Waals surface area contributed by atoms with Crippen LogP contribution in [-0.2, 0) is 11.3 Å². The number of carbonyl (C=O) groups is 1. The average Bonchev–Trinajstić information content (AvgIpc) is 2.99. The molecule has 2 atom stereocenters. The van der Waals surface area contributed by atoms with Crippen molar-refractivity contribution in [1.82, 2.24) is 24.8 Å². The number of fused-ring (bicyclic) bond motifs is 1. The summed E-state index contributed by atoms with van der Waals surface area (Å²) in [6.07, 6.45) is 7.29. The maximum absolute atomic E-state index is 13.3. The highest BCUT2D eigenvalue weighted by atomic mass is 16.2. The van der Waals surface area contributed by atoms with Crippen molar-refractivity contribution in [3.05, 3.63) is 48.5 Å². The van der Waals surface area contributed by atoms with Gasteiger partial charge in [0.25, 0.3) is 0 Å². The topological polar surface area (TPSA) is 65.5 Å². The molecule has 0 radical (unpaired) electrons. The molecule has 0 bridgehead atoms. The molecule has 0 aliphatic carbocycles. The van der Waals surface area contributed by atoms with Crippen LogP contribution >= 0.6 is 0 Å². The minimum absolute atomic E-state index is 0.232. The third-order valence-electron chi connectivity index (χ3n) is 6.05. The Morgan fingerprint density at radius 2 is 1.93 bits per heavy atom. The first-order chi connectivity index (χ1) is 13.6. The minimum atomic E-state index is -0.373. The summed E-state index contributed by atoms with van der Waals surface area (Å²) in [6.45, 7) is 4.21. The Morgan fingerprint density at radius 3 is 2.64 bits per heavy atom. The van der Waals surface area contributed by atoms with Crippen molar-refractivity contribution in [2.75, 3.05) is 45.2 Å². The van der Waals surface area contributed by atoms with Gasteiger partial charge in [0.05, 0.1) is 11.1 Å². The number of aromatic nitrogens is 3. The van der Waals surface area contributed by atoms with E-state index in [1.165, 1.54) is 0 Å². The number of amides is 1. The van der Waals surface area contributed by atoms with Crippen molar-refractivity contribution < 1.29 is 4.79 Å². The van der Waals surface area contributed by atoms with Gasteiger partial charge in [-0.1, -0.05) is 6.07 Å². The van der Waals surface area contributed by atoms with Gasteiger partial charge in [-0.2, -0.15) is 0 Å². The van der Waals surface area contributed by atoms with Gasteiger partial charge in [-0.25, -0.2) is 9.97 Å². The molecule has 0 spiro atoms. The summed E-state index contributed by atoms with van der Waals surface area (Å²) in [7, 11) is 3.73. The van der Waals surface area contributed by atoms with Gasteiger partial charge in [-0.15, -0.1) is 0 Å². The zero-order valence-electron chi connectivity index (χ0n) is 16.7. The summed E-state index contributed by atoms with van der Waals surface area (Å²) in [6, 6.07) is 7.88. The van der Waals surface area contributed by atoms with E-state index in [2.05, 4.69) is 30.8 Å². The lowest BCUT2D eigenvalue weighted by Crippen LogP contribution is -2.47. The highest BCUT2D eigenvalue weighted by Crippen LogP contribution is 2.44. The maximum atomic E-state index is 13.3. The van der Waals surface area contributed by atoms with Crippen LogP contribution in [0.3, 0.4) is 0 Å². The molecule has 2 aromatic heterocycles. The molecule has 0 unspecified atom stereocenters. The number of anilines is 1. The predicted octanol–water partition coefficient (Wildman–Crippen LogP) is 1.68. The van der Waals surface area contributed by atoms with Crippen molar-refractivity contribution in [3.8, 4) is 0 Å². The smallest absolute Gasteiger partial charge is 0.230 e. The van der Waals surface area contributed by atoms with Gasteiger partial charge < -0.3 is 9.80 Å². The van der Waals surface area contributed by atoms with Crippen molar-refractivity contribution in [3.63, 3.8) is 0 Å². The summed E-state index contributed by atoms with van der Waals surface area (Å²) in [5.41, 5.74) is 0.705. The predicted molar refractivity (Wildman–Crippen MR) is 108 cm³/mol. The Balaban J connectivity index is 1.60. The number of pyridine rings is 1. The lowest BCUT2D eigenvalue weighted by Gasteiger charge is -2.34. The van der Waals surface area contributed by atoms with Crippen LogP contribution in [0.1, 0.15) is 18.5 Å². The van der Waals surface area contributed by atoms with Crippen LogP contribution in [0.15, 0.2) is 42.9 Å². The number of nitrogens with zero attached hydrogens (tertiary/aromatic N) is 6. The molecular formula is C21H28N6O. The van der Waals surface area contributed by atoms with E-state index < -0.39 is 0 Å². The zero-order chi connectivity index (χ0) is 19.6. The van der Waals surface area contributed by atoms with E-state index in [1.54, 1.807) is 17.3 Å². The quantitative estimate of drug-likeness (QED) is 0.804. The average molecular weight is 380 g/mol. The van der Waals surface area contributed by atoms with Gasteiger partial charge in [-0.05, 0) is 37.6 Å². The van der Waals surface area contributed by atoms with Gasteiger partial charge in [0.1, 0.15) is 0 Å². The molecule has 0 saturated carbocycles. The Morgan fingerprint density at radius 1 is 1.14 bits per heavy atom. The molecule has 2 aromatic rings. The van der Waals surface area contributed by atoms with Gasteiger partial charge in [-0.3, -0.25) is 14.7 Å². The molecule has 148 valence electrons. The fourth-order valence-electron chi connectivity index (χ4n) is 4.78. The second-order valence-corrected chi connectivity index (χ2v) is 8.14. The molecule has 0 aromatic carbocycles. The van der Waals surface area contributed by atoms with Gasteiger partial charge in [0.15, 0.2) is 0 Å². The Labute approximate surface area is 166 Å². The van der Waals surface area contributed by atoms with Crippen molar-refractivity contribution in [2.45, 2.75) is 19.4 Å². The molecule has 2 aliphatic heterocycles. The van der Waals surface area contributed by atoms with E-state index in [0.29, 0.717) is 6.54 Å². The maximum Gasteiger partial charge on any atom is 0.230 e. The first-order valence-electron chi connectivity index (χ1n) is 9.94. The van der Waals surface area contributed by atoms with E-state index in [9.17, 15) is 4.79 Å². The normalized spacial score (nSPS) is 25.2. The molecule has 2 fully saturated rings. The van der Waals surface area contributed by atoms with Crippen molar-refractivity contribution >= 4 is 11.9 Å². The SMILES string of the molecule is CN(C)C(=O)[C@]12CCCN(Cc3ccccn3)C[C@H]1CN(c1ncccn1)C2. The van der Waals surface area contributed by atoms with E-state index >= 15 is 0 Å². The Bertz CT molecular complexity index is 799. The van der Waals surface area contributed by atoms with E-state index in [0.717, 1.165) is 50.7 Å². The van der Waals surface area contributed by atoms with Crippen LogP contribution in [0.25, 0.3) is 0 Å². The highest BCUT2D eigenvalue weighted by Gasteiger charge is 2.54. The molecule has 2 aliphatic rings. The number of hydrogen-bond acceptors (Lipinski definition) is 6. The largest absolute Gasteiger partial charge is 0.348 e. The molecule has 2 saturated heterocycles. The molecular weight excluding hydrogens is 352 g/mol. The third kappa shape index (κ3) is 3.58. The summed E-state index contributed by atoms with van der Waals surface area (Å²) < 4.78 is 0. The lowest BCUT2D eigenvalue weighted by atomic mass is 9.74. The van der Waals surface area contributed by atoms with Crippen LogP contribution in [0.5, 0.6) is 0 Å². The second-order valence-electron chi connectivity index (χ2n) is 8.14. The molecule has 4 rings (SSSR count). The van der Waals surface area contributed by atoms with E-state index in [4.69, 9.17) is 0 Å². The summed E-state index contributed by atoms with van der Waals surface area (Å²) in [4.78, 5) is 33.1. The molecule has 4 heterocycles. The lowest BCUT2D eigenvalue weighted by molar-refractivity contribution is -0.141. The van der Waals surface area contributed by atoms with Gasteiger partial charge >= 0.3 is 0 Å². The van der Waals surface area contributed by atoms with Crippen LogP contribution in [0.2, 0.25) is 0 Å². The highest BCUT2D eigenvalue weighted by molar-refractivity contribution is 5.84. The van der Waals surface area contributed by atoms with Crippen LogP contribution in [-0.4, -0.2) is 70.9 Å². The Kier molecular flexibility index (Phi) is 5.26.